The van der Waals surface area contributed by atoms with E-state index in [0.29, 0.717) is 19.6 Å². The molecule has 2 N–H and O–H groups in total. The molecule has 3 amide bonds. The van der Waals surface area contributed by atoms with Gasteiger partial charge in [-0.1, -0.05) is 0 Å². The Hall–Kier alpha value is -1.56. The average Bonchev–Trinajstić information content (AvgIpc) is 2.68. The monoisotopic (exact) mass is 253 g/mol. The third-order valence-electron chi connectivity index (χ3n) is 2.64. The Morgan fingerprint density at radius 1 is 1.53 bits per heavy atom. The Morgan fingerprint density at radius 2 is 2.29 bits per heavy atom. The van der Waals surface area contributed by atoms with E-state index in [-0.39, 0.29) is 17.9 Å². The Kier molecular flexibility index (Phi) is 3.63. The van der Waals surface area contributed by atoms with Gasteiger partial charge >= 0.3 is 6.03 Å². The van der Waals surface area contributed by atoms with Crippen LogP contribution in [-0.2, 0) is 4.79 Å². The Bertz CT molecular complexity index is 399. The highest BCUT2D eigenvalue weighted by Gasteiger charge is 2.35. The highest BCUT2D eigenvalue weighted by molar-refractivity contribution is 7.14. The van der Waals surface area contributed by atoms with Gasteiger partial charge in [-0.25, -0.2) is 4.79 Å². The van der Waals surface area contributed by atoms with Gasteiger partial charge in [-0.05, 0) is 24.4 Å². The molecule has 1 aliphatic heterocycles. The fourth-order valence-electron chi connectivity index (χ4n) is 1.66. The van der Waals surface area contributed by atoms with Crippen molar-refractivity contribution >= 4 is 28.3 Å². The third kappa shape index (κ3) is 2.76. The van der Waals surface area contributed by atoms with Gasteiger partial charge in [0.1, 0.15) is 0 Å². The summed E-state index contributed by atoms with van der Waals surface area (Å²) < 4.78 is 0. The predicted molar refractivity (Wildman–Crippen MR) is 67.1 cm³/mol. The molecule has 1 aromatic rings. The zero-order chi connectivity index (χ0) is 12.3. The molecule has 0 spiro atoms. The number of likely N-dealkylation sites (tertiary alicyclic amines) is 1. The first-order valence-electron chi connectivity index (χ1n) is 5.58. The van der Waals surface area contributed by atoms with E-state index in [9.17, 15) is 9.59 Å². The molecule has 0 radical (unpaired) electrons. The molecule has 2 heterocycles. The van der Waals surface area contributed by atoms with Crippen LogP contribution in [-0.4, -0.2) is 36.5 Å². The number of rotatable bonds is 3. The molecule has 17 heavy (non-hydrogen) atoms. The molecule has 1 fully saturated rings. The number of carbonyl (C=O) groups is 2. The quantitative estimate of drug-likeness (QED) is 0.854. The van der Waals surface area contributed by atoms with Crippen molar-refractivity contribution in [1.29, 1.82) is 0 Å². The van der Waals surface area contributed by atoms with E-state index >= 15 is 0 Å². The Morgan fingerprint density at radius 3 is 2.88 bits per heavy atom. The van der Waals surface area contributed by atoms with Crippen molar-refractivity contribution in [3.63, 3.8) is 0 Å². The highest BCUT2D eigenvalue weighted by Crippen LogP contribution is 2.20. The van der Waals surface area contributed by atoms with Crippen molar-refractivity contribution in [3.8, 4) is 0 Å². The van der Waals surface area contributed by atoms with Crippen LogP contribution in [0.25, 0.3) is 0 Å². The number of amides is 3. The van der Waals surface area contributed by atoms with Crippen LogP contribution >= 0.6 is 11.3 Å². The minimum absolute atomic E-state index is 0.0349. The van der Waals surface area contributed by atoms with Gasteiger partial charge in [0.2, 0.25) is 5.91 Å². The second kappa shape index (κ2) is 5.18. The highest BCUT2D eigenvalue weighted by atomic mass is 32.1. The number of anilines is 1. The molecule has 0 bridgehead atoms. The van der Waals surface area contributed by atoms with E-state index in [1.54, 1.807) is 4.90 Å². The van der Waals surface area contributed by atoms with Crippen molar-refractivity contribution in [2.24, 2.45) is 5.92 Å². The van der Waals surface area contributed by atoms with Crippen LogP contribution in [0.5, 0.6) is 0 Å². The maximum atomic E-state index is 11.7. The fraction of sp³-hybridized carbons (Fsp3) is 0.455. The van der Waals surface area contributed by atoms with Crippen molar-refractivity contribution in [2.75, 3.05) is 25.0 Å². The van der Waals surface area contributed by atoms with Gasteiger partial charge in [0, 0.05) is 19.6 Å². The minimum Gasteiger partial charge on any atom is -0.356 e. The van der Waals surface area contributed by atoms with E-state index in [0.717, 1.165) is 5.00 Å². The molecule has 0 unspecified atom stereocenters. The van der Waals surface area contributed by atoms with Gasteiger partial charge in [-0.15, -0.1) is 11.3 Å². The smallest absolute Gasteiger partial charge is 0.322 e. The lowest BCUT2D eigenvalue weighted by Crippen LogP contribution is -2.56. The van der Waals surface area contributed by atoms with Gasteiger partial charge < -0.3 is 10.2 Å². The first-order chi connectivity index (χ1) is 8.20. The molecule has 0 aromatic carbocycles. The summed E-state index contributed by atoms with van der Waals surface area (Å²) in [4.78, 5) is 24.8. The molecular weight excluding hydrogens is 238 g/mol. The molecule has 6 heteroatoms. The van der Waals surface area contributed by atoms with E-state index in [4.69, 9.17) is 0 Å². The summed E-state index contributed by atoms with van der Waals surface area (Å²) in [6.07, 6.45) is 0. The minimum atomic E-state index is -0.131. The summed E-state index contributed by atoms with van der Waals surface area (Å²) in [6, 6.07) is 3.60. The summed E-state index contributed by atoms with van der Waals surface area (Å²) in [5.74, 6) is -0.0169. The molecule has 0 saturated carbocycles. The molecule has 92 valence electrons. The number of thiophene rings is 1. The lowest BCUT2D eigenvalue weighted by atomic mass is 10.00. The zero-order valence-electron chi connectivity index (χ0n) is 9.60. The van der Waals surface area contributed by atoms with Crippen molar-refractivity contribution in [1.82, 2.24) is 10.2 Å². The summed E-state index contributed by atoms with van der Waals surface area (Å²) >= 11 is 1.48. The Labute approximate surface area is 104 Å². The van der Waals surface area contributed by atoms with Crippen LogP contribution in [0.3, 0.4) is 0 Å². The van der Waals surface area contributed by atoms with Gasteiger partial charge in [-0.2, -0.15) is 0 Å². The molecule has 0 atom stereocenters. The van der Waals surface area contributed by atoms with Gasteiger partial charge in [-0.3, -0.25) is 10.1 Å². The standard InChI is InChI=1S/C11H15N3O2S/c1-2-12-10(15)8-6-14(7-8)11(16)13-9-4-3-5-17-9/h3-5,8H,2,6-7H2,1H3,(H,12,15)(H,13,16). The maximum Gasteiger partial charge on any atom is 0.322 e. The lowest BCUT2D eigenvalue weighted by Gasteiger charge is -2.37. The normalized spacial score (nSPS) is 15.2. The number of urea groups is 1. The van der Waals surface area contributed by atoms with Crippen molar-refractivity contribution in [3.05, 3.63) is 17.5 Å². The van der Waals surface area contributed by atoms with Crippen LogP contribution < -0.4 is 10.6 Å². The second-order valence-corrected chi connectivity index (χ2v) is 4.85. The van der Waals surface area contributed by atoms with Crippen LogP contribution in [0, 0.1) is 5.92 Å². The first kappa shape index (κ1) is 11.9. The number of nitrogens with one attached hydrogen (secondary N) is 2. The summed E-state index contributed by atoms with van der Waals surface area (Å²) in [5, 5.41) is 8.28. The molecule has 0 aliphatic carbocycles. The van der Waals surface area contributed by atoms with Crippen LogP contribution in [0.1, 0.15) is 6.92 Å². The summed E-state index contributed by atoms with van der Waals surface area (Å²) in [7, 11) is 0. The first-order valence-corrected chi connectivity index (χ1v) is 6.45. The number of hydrogen-bond donors (Lipinski definition) is 2. The van der Waals surface area contributed by atoms with E-state index in [1.807, 2.05) is 24.4 Å². The van der Waals surface area contributed by atoms with Crippen molar-refractivity contribution < 1.29 is 9.59 Å². The van der Waals surface area contributed by atoms with Gasteiger partial charge in [0.05, 0.1) is 10.9 Å². The van der Waals surface area contributed by atoms with E-state index in [2.05, 4.69) is 10.6 Å². The van der Waals surface area contributed by atoms with Gasteiger partial charge in [0.15, 0.2) is 0 Å². The number of hydrogen-bond acceptors (Lipinski definition) is 3. The van der Waals surface area contributed by atoms with E-state index < -0.39 is 0 Å². The van der Waals surface area contributed by atoms with Crippen LogP contribution in [0.4, 0.5) is 9.80 Å². The predicted octanol–water partition coefficient (Wildman–Crippen LogP) is 1.35. The van der Waals surface area contributed by atoms with E-state index in [1.165, 1.54) is 11.3 Å². The summed E-state index contributed by atoms with van der Waals surface area (Å²) in [6.45, 7) is 3.53. The zero-order valence-corrected chi connectivity index (χ0v) is 10.4. The topological polar surface area (TPSA) is 61.4 Å². The molecule has 1 aliphatic rings. The third-order valence-corrected chi connectivity index (χ3v) is 3.43. The fourth-order valence-corrected chi connectivity index (χ4v) is 2.27. The SMILES string of the molecule is CCNC(=O)C1CN(C(=O)Nc2cccs2)C1. The summed E-state index contributed by atoms with van der Waals surface area (Å²) in [5.41, 5.74) is 0. The lowest BCUT2D eigenvalue weighted by molar-refractivity contribution is -0.128. The van der Waals surface area contributed by atoms with Crippen LogP contribution in [0.15, 0.2) is 17.5 Å². The number of nitrogens with zero attached hydrogens (tertiary/aromatic N) is 1. The molecule has 5 nitrogen and oxygen atoms in total. The second-order valence-electron chi connectivity index (χ2n) is 3.90. The largest absolute Gasteiger partial charge is 0.356 e. The molecule has 2 rings (SSSR count). The molecular formula is C11H15N3O2S. The molecule has 1 saturated heterocycles. The average molecular weight is 253 g/mol. The Balaban J connectivity index is 1.76. The van der Waals surface area contributed by atoms with Crippen molar-refractivity contribution in [2.45, 2.75) is 6.92 Å². The number of carbonyl (C=O) groups excluding carboxylic acids is 2. The van der Waals surface area contributed by atoms with Gasteiger partial charge in [0.25, 0.3) is 0 Å². The molecule has 1 aromatic heterocycles. The van der Waals surface area contributed by atoms with Crippen LogP contribution in [0.2, 0.25) is 0 Å². The maximum absolute atomic E-state index is 11.7.